The van der Waals surface area contributed by atoms with E-state index in [-0.39, 0.29) is 18.5 Å². The van der Waals surface area contributed by atoms with Crippen LogP contribution in [-0.4, -0.2) is 47.4 Å². The molecule has 6 heteroatoms. The third-order valence-corrected chi connectivity index (χ3v) is 15.0. The number of unbranched alkanes of at least 4 members (excludes halogenated alkanes) is 45. The largest absolute Gasteiger partial charge is 0.466 e. The number of carbonyl (C=O) groups excluding carboxylic acids is 2. The molecule has 420 valence electrons. The van der Waals surface area contributed by atoms with Crippen molar-refractivity contribution in [3.63, 3.8) is 0 Å². The van der Waals surface area contributed by atoms with E-state index in [9.17, 15) is 19.8 Å². The molecule has 0 fully saturated rings. The number of esters is 1. The minimum Gasteiger partial charge on any atom is -0.466 e. The summed E-state index contributed by atoms with van der Waals surface area (Å²) in [7, 11) is 0. The molecular weight excluding hydrogens is 875 g/mol. The van der Waals surface area contributed by atoms with Crippen LogP contribution in [0.15, 0.2) is 24.3 Å². The fourth-order valence-electron chi connectivity index (χ4n) is 10.1. The first kappa shape index (κ1) is 69.3. The van der Waals surface area contributed by atoms with Gasteiger partial charge in [-0.15, -0.1) is 0 Å². The summed E-state index contributed by atoms with van der Waals surface area (Å²) >= 11 is 0. The Kier molecular flexibility index (Phi) is 59.5. The molecule has 0 saturated heterocycles. The van der Waals surface area contributed by atoms with Crippen LogP contribution in [0.1, 0.15) is 354 Å². The number of amides is 1. The van der Waals surface area contributed by atoms with E-state index in [0.717, 1.165) is 44.9 Å². The molecule has 0 spiro atoms. The number of ether oxygens (including phenoxy) is 1. The van der Waals surface area contributed by atoms with Crippen LogP contribution in [0, 0.1) is 0 Å². The summed E-state index contributed by atoms with van der Waals surface area (Å²) in [6, 6.07) is -0.539. The number of carbonyl (C=O) groups is 2. The molecule has 0 radical (unpaired) electrons. The van der Waals surface area contributed by atoms with Gasteiger partial charge < -0.3 is 20.3 Å². The number of allylic oxidation sites excluding steroid dienone is 4. The summed E-state index contributed by atoms with van der Waals surface area (Å²) in [6.45, 7) is 4.95. The van der Waals surface area contributed by atoms with Gasteiger partial charge in [-0.2, -0.15) is 0 Å². The van der Waals surface area contributed by atoms with E-state index >= 15 is 0 Å². The zero-order valence-electron chi connectivity index (χ0n) is 48.0. The summed E-state index contributed by atoms with van der Waals surface area (Å²) in [4.78, 5) is 24.5. The van der Waals surface area contributed by atoms with Gasteiger partial charge in [0.15, 0.2) is 0 Å². The summed E-state index contributed by atoms with van der Waals surface area (Å²) < 4.78 is 5.48. The van der Waals surface area contributed by atoms with Crippen LogP contribution in [0.4, 0.5) is 0 Å². The van der Waals surface area contributed by atoms with Crippen molar-refractivity contribution in [2.45, 2.75) is 366 Å². The van der Waals surface area contributed by atoms with Crippen LogP contribution >= 0.6 is 0 Å². The topological polar surface area (TPSA) is 95.9 Å². The Hall–Kier alpha value is -1.66. The molecule has 0 heterocycles. The molecule has 0 rings (SSSR count). The standard InChI is InChI=1S/C65H125NO5/c1-3-5-7-9-11-13-15-35-39-43-47-51-55-59-65(70)71-60-56-52-48-44-40-37-34-32-30-28-26-24-22-20-18-16-17-19-21-23-25-27-29-31-33-36-38-42-46-50-54-58-64(69)66-62(61-67)63(68)57-53-49-45-41-14-12-10-8-6-4-2/h18,20,24,26,62-63,67-68H,3-17,19,21-23,25,27-61H2,1-2H3,(H,66,69)/b20-18-,26-24-. The van der Waals surface area contributed by atoms with Crippen LogP contribution in [0.25, 0.3) is 0 Å². The molecule has 1 amide bonds. The molecule has 0 aromatic rings. The Labute approximate surface area is 443 Å². The van der Waals surface area contributed by atoms with Gasteiger partial charge >= 0.3 is 5.97 Å². The predicted molar refractivity (Wildman–Crippen MR) is 310 cm³/mol. The second-order valence-electron chi connectivity index (χ2n) is 22.1. The number of nitrogens with one attached hydrogen (secondary N) is 1. The van der Waals surface area contributed by atoms with Crippen LogP contribution in [0.2, 0.25) is 0 Å². The van der Waals surface area contributed by atoms with Gasteiger partial charge in [0, 0.05) is 12.8 Å². The Morgan fingerprint density at radius 2 is 0.704 bits per heavy atom. The van der Waals surface area contributed by atoms with E-state index in [1.807, 2.05) is 0 Å². The summed E-state index contributed by atoms with van der Waals surface area (Å²) in [5.41, 5.74) is 0. The van der Waals surface area contributed by atoms with E-state index in [4.69, 9.17) is 4.74 Å². The second kappa shape index (κ2) is 60.9. The van der Waals surface area contributed by atoms with Crippen LogP contribution in [0.3, 0.4) is 0 Å². The van der Waals surface area contributed by atoms with Crippen molar-refractivity contribution in [2.24, 2.45) is 0 Å². The summed E-state index contributed by atoms with van der Waals surface area (Å²) in [5, 5.41) is 23.2. The van der Waals surface area contributed by atoms with Crippen molar-refractivity contribution in [1.29, 1.82) is 0 Å². The average Bonchev–Trinajstić information content (AvgIpc) is 3.37. The van der Waals surface area contributed by atoms with E-state index in [2.05, 4.69) is 43.5 Å². The number of rotatable bonds is 60. The molecule has 2 atom stereocenters. The molecule has 0 aromatic heterocycles. The van der Waals surface area contributed by atoms with Gasteiger partial charge in [-0.05, 0) is 57.8 Å². The Morgan fingerprint density at radius 1 is 0.394 bits per heavy atom. The van der Waals surface area contributed by atoms with Crippen LogP contribution < -0.4 is 5.32 Å². The van der Waals surface area contributed by atoms with Gasteiger partial charge in [-0.25, -0.2) is 0 Å². The molecule has 0 aromatic carbocycles. The molecule has 0 aliphatic heterocycles. The van der Waals surface area contributed by atoms with Crippen molar-refractivity contribution in [3.8, 4) is 0 Å². The fraction of sp³-hybridized carbons (Fsp3) is 0.908. The number of aliphatic hydroxyl groups is 2. The predicted octanol–water partition coefficient (Wildman–Crippen LogP) is 20.2. The Morgan fingerprint density at radius 3 is 1.07 bits per heavy atom. The minimum atomic E-state index is -0.661. The molecule has 0 aliphatic rings. The van der Waals surface area contributed by atoms with Crippen molar-refractivity contribution in [2.75, 3.05) is 13.2 Å². The van der Waals surface area contributed by atoms with Crippen molar-refractivity contribution in [1.82, 2.24) is 5.32 Å². The van der Waals surface area contributed by atoms with Gasteiger partial charge in [-0.3, -0.25) is 9.59 Å². The monoisotopic (exact) mass is 1000 g/mol. The van der Waals surface area contributed by atoms with Gasteiger partial charge in [-0.1, -0.05) is 308 Å². The average molecular weight is 1000 g/mol. The molecule has 3 N–H and O–H groups in total. The smallest absolute Gasteiger partial charge is 0.305 e. The zero-order chi connectivity index (χ0) is 51.4. The lowest BCUT2D eigenvalue weighted by atomic mass is 10.0. The Bertz CT molecular complexity index is 1110. The Balaban J connectivity index is 3.36. The SMILES string of the molecule is CCCCCCCCCCCCCCCC(=O)OCCCCCCCCCCC/C=C\C/C=C\CCCCCCCCCCCCCCCCCC(=O)NC(CO)C(O)CCCCCCCCCCCC. The maximum Gasteiger partial charge on any atom is 0.305 e. The number of hydrogen-bond acceptors (Lipinski definition) is 5. The van der Waals surface area contributed by atoms with Gasteiger partial charge in [0.25, 0.3) is 0 Å². The second-order valence-corrected chi connectivity index (χ2v) is 22.1. The zero-order valence-corrected chi connectivity index (χ0v) is 48.0. The fourth-order valence-corrected chi connectivity index (χ4v) is 10.1. The van der Waals surface area contributed by atoms with E-state index in [1.165, 1.54) is 276 Å². The third-order valence-electron chi connectivity index (χ3n) is 15.0. The normalized spacial score (nSPS) is 12.7. The molecule has 71 heavy (non-hydrogen) atoms. The summed E-state index contributed by atoms with van der Waals surface area (Å²) in [6.07, 6.45) is 75.0. The first-order valence-electron chi connectivity index (χ1n) is 32.1. The van der Waals surface area contributed by atoms with Gasteiger partial charge in [0.2, 0.25) is 5.91 Å². The van der Waals surface area contributed by atoms with E-state index in [0.29, 0.717) is 25.9 Å². The highest BCUT2D eigenvalue weighted by molar-refractivity contribution is 5.76. The quantitative estimate of drug-likeness (QED) is 0.0320. The van der Waals surface area contributed by atoms with Crippen molar-refractivity contribution >= 4 is 11.9 Å². The van der Waals surface area contributed by atoms with E-state index in [1.54, 1.807) is 0 Å². The molecule has 0 bridgehead atoms. The molecular formula is C65H125NO5. The number of aliphatic hydroxyl groups excluding tert-OH is 2. The molecule has 0 aliphatic carbocycles. The lowest BCUT2D eigenvalue weighted by Gasteiger charge is -2.22. The number of hydrogen-bond donors (Lipinski definition) is 3. The first-order valence-corrected chi connectivity index (χ1v) is 32.1. The van der Waals surface area contributed by atoms with E-state index < -0.39 is 12.1 Å². The molecule has 2 unspecified atom stereocenters. The summed E-state index contributed by atoms with van der Waals surface area (Å²) in [5.74, 6) is -0.0198. The molecule has 6 nitrogen and oxygen atoms in total. The maximum absolute atomic E-state index is 12.4. The van der Waals surface area contributed by atoms with Gasteiger partial charge in [0.05, 0.1) is 25.4 Å². The first-order chi connectivity index (χ1) is 35.0. The van der Waals surface area contributed by atoms with Gasteiger partial charge in [0.1, 0.15) is 0 Å². The van der Waals surface area contributed by atoms with Crippen molar-refractivity contribution < 1.29 is 24.5 Å². The third kappa shape index (κ3) is 57.5. The highest BCUT2D eigenvalue weighted by atomic mass is 16.5. The highest BCUT2D eigenvalue weighted by Crippen LogP contribution is 2.18. The van der Waals surface area contributed by atoms with Crippen LogP contribution in [-0.2, 0) is 14.3 Å². The van der Waals surface area contributed by atoms with Crippen molar-refractivity contribution in [3.05, 3.63) is 24.3 Å². The molecule has 0 saturated carbocycles. The van der Waals surface area contributed by atoms with Crippen LogP contribution in [0.5, 0.6) is 0 Å². The maximum atomic E-state index is 12.4. The lowest BCUT2D eigenvalue weighted by Crippen LogP contribution is -2.45. The highest BCUT2D eigenvalue weighted by Gasteiger charge is 2.20. The lowest BCUT2D eigenvalue weighted by molar-refractivity contribution is -0.143. The minimum absolute atomic E-state index is 0.0149.